The molecule has 0 saturated carbocycles. The van der Waals surface area contributed by atoms with Crippen LogP contribution >= 0.6 is 11.3 Å². The lowest BCUT2D eigenvalue weighted by atomic mass is 9.95. The van der Waals surface area contributed by atoms with E-state index in [1.807, 2.05) is 17.5 Å². The molecule has 0 aliphatic carbocycles. The van der Waals surface area contributed by atoms with Crippen molar-refractivity contribution in [2.45, 2.75) is 52.6 Å². The van der Waals surface area contributed by atoms with Crippen LogP contribution in [0, 0.1) is 6.92 Å². The van der Waals surface area contributed by atoms with Crippen LogP contribution in [0.15, 0.2) is 17.6 Å². The topological polar surface area (TPSA) is 29.0 Å². The van der Waals surface area contributed by atoms with Gasteiger partial charge in [-0.25, -0.2) is 9.97 Å². The summed E-state index contributed by atoms with van der Waals surface area (Å²) in [5.41, 5.74) is 3.97. The first-order valence-corrected chi connectivity index (χ1v) is 8.42. The average Bonchev–Trinajstić information content (AvgIpc) is 2.82. The lowest BCUT2D eigenvalue weighted by Gasteiger charge is -2.29. The van der Waals surface area contributed by atoms with Gasteiger partial charge in [0.2, 0.25) is 0 Å². The maximum atomic E-state index is 4.80. The molecule has 0 N–H and O–H groups in total. The van der Waals surface area contributed by atoms with Crippen LogP contribution < -0.4 is 0 Å². The zero-order valence-electron chi connectivity index (χ0n) is 13.3. The molecule has 0 saturated heterocycles. The minimum atomic E-state index is 0.0280. The maximum Gasteiger partial charge on any atom is 0.133 e. The normalized spacial score (nSPS) is 16.0. The second-order valence-electron chi connectivity index (χ2n) is 6.90. The summed E-state index contributed by atoms with van der Waals surface area (Å²) in [6.07, 6.45) is 3.07. The summed E-state index contributed by atoms with van der Waals surface area (Å²) in [6.45, 7) is 11.8. The molecule has 0 aromatic carbocycles. The monoisotopic (exact) mass is 301 g/mol. The molecule has 0 fully saturated rings. The first kappa shape index (κ1) is 14.7. The highest BCUT2D eigenvalue weighted by Crippen LogP contribution is 2.25. The number of hydrogen-bond donors (Lipinski definition) is 0. The van der Waals surface area contributed by atoms with Crippen molar-refractivity contribution in [3.8, 4) is 0 Å². The van der Waals surface area contributed by atoms with Crippen LogP contribution in [-0.2, 0) is 24.9 Å². The van der Waals surface area contributed by atoms with E-state index in [4.69, 9.17) is 4.98 Å². The number of hydrogen-bond acceptors (Lipinski definition) is 4. The Morgan fingerprint density at radius 2 is 2.14 bits per heavy atom. The molecule has 0 spiro atoms. The van der Waals surface area contributed by atoms with Gasteiger partial charge in [0, 0.05) is 53.8 Å². The predicted octanol–water partition coefficient (Wildman–Crippen LogP) is 3.70. The largest absolute Gasteiger partial charge is 0.293 e. The highest BCUT2D eigenvalue weighted by Gasteiger charge is 2.23. The molecule has 0 amide bonds. The van der Waals surface area contributed by atoms with Crippen molar-refractivity contribution in [3.05, 3.63) is 45.2 Å². The number of thiophene rings is 1. The van der Waals surface area contributed by atoms with E-state index in [-0.39, 0.29) is 5.41 Å². The quantitative estimate of drug-likeness (QED) is 0.847. The summed E-state index contributed by atoms with van der Waals surface area (Å²) in [5, 5.41) is 2.18. The zero-order chi connectivity index (χ0) is 15.0. The van der Waals surface area contributed by atoms with E-state index in [9.17, 15) is 0 Å². The molecule has 2 aromatic heterocycles. The molecule has 3 heterocycles. The second kappa shape index (κ2) is 5.50. The van der Waals surface area contributed by atoms with E-state index < -0.39 is 0 Å². The molecule has 0 bridgehead atoms. The highest BCUT2D eigenvalue weighted by atomic mass is 32.1. The van der Waals surface area contributed by atoms with E-state index >= 15 is 0 Å². The Morgan fingerprint density at radius 1 is 1.33 bits per heavy atom. The predicted molar refractivity (Wildman–Crippen MR) is 87.6 cm³/mol. The van der Waals surface area contributed by atoms with Gasteiger partial charge in [-0.3, -0.25) is 4.90 Å². The second-order valence-corrected chi connectivity index (χ2v) is 7.90. The number of fused-ring (bicyclic) bond motifs is 1. The zero-order valence-corrected chi connectivity index (χ0v) is 14.1. The first-order valence-electron chi connectivity index (χ1n) is 7.54. The van der Waals surface area contributed by atoms with Gasteiger partial charge in [0.05, 0.1) is 0 Å². The van der Waals surface area contributed by atoms with E-state index in [0.717, 1.165) is 31.9 Å². The van der Waals surface area contributed by atoms with E-state index in [1.54, 1.807) is 0 Å². The molecule has 0 atom stereocenters. The van der Waals surface area contributed by atoms with Crippen molar-refractivity contribution < 1.29 is 0 Å². The third-order valence-corrected chi connectivity index (χ3v) is 5.03. The summed E-state index contributed by atoms with van der Waals surface area (Å²) in [6, 6.07) is 2.20. The summed E-state index contributed by atoms with van der Waals surface area (Å²) < 4.78 is 0. The van der Waals surface area contributed by atoms with Gasteiger partial charge in [0.1, 0.15) is 5.82 Å². The number of nitrogens with zero attached hydrogens (tertiary/aromatic N) is 3. The van der Waals surface area contributed by atoms with Crippen LogP contribution in [0.3, 0.4) is 0 Å². The summed E-state index contributed by atoms with van der Waals surface area (Å²) in [5.74, 6) is 0.962. The van der Waals surface area contributed by atoms with Crippen LogP contribution in [0.1, 0.15) is 48.3 Å². The van der Waals surface area contributed by atoms with Gasteiger partial charge in [-0.1, -0.05) is 20.8 Å². The molecule has 0 unspecified atom stereocenters. The van der Waals surface area contributed by atoms with Gasteiger partial charge in [-0.2, -0.15) is 0 Å². The van der Waals surface area contributed by atoms with Crippen molar-refractivity contribution in [2.24, 2.45) is 0 Å². The summed E-state index contributed by atoms with van der Waals surface area (Å²) >= 11 is 1.86. The fourth-order valence-corrected chi connectivity index (χ4v) is 3.59. The van der Waals surface area contributed by atoms with Crippen molar-refractivity contribution in [2.75, 3.05) is 6.54 Å². The van der Waals surface area contributed by atoms with E-state index in [2.05, 4.69) is 49.0 Å². The molecular formula is C17H23N3S. The smallest absolute Gasteiger partial charge is 0.133 e. The Balaban J connectivity index is 1.76. The Kier molecular flexibility index (Phi) is 3.84. The number of rotatable bonds is 2. The standard InChI is InChI=1S/C17H23N3S/c1-12-6-8-21-15(12)11-20-7-5-14-13(10-20)9-18-16(19-14)17(2,3)4/h6,8-9H,5,7,10-11H2,1-4H3. The number of aromatic nitrogens is 2. The summed E-state index contributed by atoms with van der Waals surface area (Å²) in [7, 11) is 0. The molecule has 21 heavy (non-hydrogen) atoms. The van der Waals surface area contributed by atoms with Gasteiger partial charge in [0.25, 0.3) is 0 Å². The molecule has 4 heteroatoms. The van der Waals surface area contributed by atoms with E-state index in [0.29, 0.717) is 0 Å². The van der Waals surface area contributed by atoms with Crippen molar-refractivity contribution in [1.29, 1.82) is 0 Å². The van der Waals surface area contributed by atoms with Gasteiger partial charge in [-0.05, 0) is 23.9 Å². The minimum absolute atomic E-state index is 0.0280. The third-order valence-electron chi connectivity index (χ3n) is 4.02. The fraction of sp³-hybridized carbons (Fsp3) is 0.529. The third kappa shape index (κ3) is 3.16. The molecule has 112 valence electrons. The van der Waals surface area contributed by atoms with Crippen LogP contribution in [0.5, 0.6) is 0 Å². The van der Waals surface area contributed by atoms with Crippen LogP contribution in [0.4, 0.5) is 0 Å². The maximum absolute atomic E-state index is 4.80. The molecule has 1 aliphatic heterocycles. The van der Waals surface area contributed by atoms with E-state index in [1.165, 1.54) is 21.7 Å². The van der Waals surface area contributed by atoms with Crippen LogP contribution in [0.2, 0.25) is 0 Å². The SMILES string of the molecule is Cc1ccsc1CN1CCc2nc(C(C)(C)C)ncc2C1. The minimum Gasteiger partial charge on any atom is -0.293 e. The Hall–Kier alpha value is -1.26. The molecule has 1 aliphatic rings. The molecular weight excluding hydrogens is 278 g/mol. The van der Waals surface area contributed by atoms with Crippen molar-refractivity contribution in [3.63, 3.8) is 0 Å². The lowest BCUT2D eigenvalue weighted by molar-refractivity contribution is 0.244. The molecule has 3 nitrogen and oxygen atoms in total. The first-order chi connectivity index (χ1) is 9.93. The lowest BCUT2D eigenvalue weighted by Crippen LogP contribution is -2.31. The van der Waals surface area contributed by atoms with Crippen molar-refractivity contribution >= 4 is 11.3 Å². The molecule has 0 radical (unpaired) electrons. The van der Waals surface area contributed by atoms with Gasteiger partial charge in [-0.15, -0.1) is 11.3 Å². The Morgan fingerprint density at radius 3 is 2.81 bits per heavy atom. The van der Waals surface area contributed by atoms with Gasteiger partial charge >= 0.3 is 0 Å². The van der Waals surface area contributed by atoms with Crippen molar-refractivity contribution in [1.82, 2.24) is 14.9 Å². The van der Waals surface area contributed by atoms with Crippen LogP contribution in [-0.4, -0.2) is 21.4 Å². The van der Waals surface area contributed by atoms with Gasteiger partial charge in [0.15, 0.2) is 0 Å². The average molecular weight is 301 g/mol. The Labute approximate surface area is 131 Å². The Bertz CT molecular complexity index is 640. The molecule has 2 aromatic rings. The summed E-state index contributed by atoms with van der Waals surface area (Å²) in [4.78, 5) is 13.4. The van der Waals surface area contributed by atoms with Gasteiger partial charge < -0.3 is 0 Å². The highest BCUT2D eigenvalue weighted by molar-refractivity contribution is 7.10. The fourth-order valence-electron chi connectivity index (χ4n) is 2.64. The molecule has 3 rings (SSSR count). The number of aryl methyl sites for hydroxylation is 1. The van der Waals surface area contributed by atoms with Crippen LogP contribution in [0.25, 0.3) is 0 Å².